The number of aromatic nitrogens is 1. The Kier molecular flexibility index (Phi) is 4.99. The molecule has 3 rings (SSSR count). The molecule has 2 aromatic carbocycles. The van der Waals surface area contributed by atoms with Crippen molar-refractivity contribution in [2.75, 3.05) is 0 Å². The van der Waals surface area contributed by atoms with Crippen LogP contribution in [-0.2, 0) is 23.1 Å². The molecule has 1 atom stereocenters. The monoisotopic (exact) mass is 375 g/mol. The maximum absolute atomic E-state index is 13.2. The molecular formula is C19H18ClNO3S. The molecule has 3 aromatic rings. The number of hydrogen-bond acceptors (Lipinski definition) is 3. The van der Waals surface area contributed by atoms with E-state index in [9.17, 15) is 13.5 Å². The minimum Gasteiger partial charge on any atom is -0.392 e. The van der Waals surface area contributed by atoms with E-state index in [0.717, 1.165) is 5.56 Å². The third kappa shape index (κ3) is 3.35. The lowest BCUT2D eigenvalue weighted by Gasteiger charge is -2.16. The van der Waals surface area contributed by atoms with Crippen LogP contribution in [0.5, 0.6) is 0 Å². The summed E-state index contributed by atoms with van der Waals surface area (Å²) in [6.07, 6.45) is 3.17. The zero-order valence-electron chi connectivity index (χ0n) is 13.5. The number of fused-ring (bicyclic) bond motifs is 1. The second-order valence-corrected chi connectivity index (χ2v) is 8.23. The van der Waals surface area contributed by atoms with Gasteiger partial charge in [-0.2, -0.15) is 0 Å². The van der Waals surface area contributed by atoms with Crippen LogP contribution in [0, 0.1) is 0 Å². The number of benzene rings is 2. The number of hydrogen-bond donors (Lipinski definition) is 1. The van der Waals surface area contributed by atoms with Crippen molar-refractivity contribution in [3.63, 3.8) is 0 Å². The van der Waals surface area contributed by atoms with Crippen LogP contribution in [-0.4, -0.2) is 22.7 Å². The van der Waals surface area contributed by atoms with Gasteiger partial charge < -0.3 is 5.11 Å². The number of aliphatic hydroxyl groups excluding tert-OH is 1. The number of halogens is 1. The zero-order valence-corrected chi connectivity index (χ0v) is 15.0. The second kappa shape index (κ2) is 7.04. The van der Waals surface area contributed by atoms with Gasteiger partial charge >= 0.3 is 0 Å². The molecule has 1 heterocycles. The minimum absolute atomic E-state index is 0.173. The Bertz CT molecular complexity index is 1010. The van der Waals surface area contributed by atoms with Crippen LogP contribution in [0.15, 0.2) is 67.4 Å². The van der Waals surface area contributed by atoms with Crippen molar-refractivity contribution >= 4 is 32.5 Å². The summed E-state index contributed by atoms with van der Waals surface area (Å²) in [5, 5.41) is 9.53. The standard InChI is InChI=1S/C19H18ClNO3S/c1-2-16(10-14-6-4-3-5-7-14)25(23,24)21-12-18(20)17-9-8-15(13-22)11-19(17)21/h2-9,11-12,16,22H,1,10,13H2. The highest BCUT2D eigenvalue weighted by atomic mass is 35.5. The van der Waals surface area contributed by atoms with Crippen LogP contribution >= 0.6 is 11.6 Å². The van der Waals surface area contributed by atoms with E-state index in [1.54, 1.807) is 18.2 Å². The van der Waals surface area contributed by atoms with Crippen molar-refractivity contribution in [2.24, 2.45) is 0 Å². The molecule has 0 aliphatic rings. The predicted molar refractivity (Wildman–Crippen MR) is 101 cm³/mol. The molecule has 0 saturated carbocycles. The molecule has 25 heavy (non-hydrogen) atoms. The van der Waals surface area contributed by atoms with Gasteiger partial charge in [0, 0.05) is 11.6 Å². The van der Waals surface area contributed by atoms with E-state index in [2.05, 4.69) is 6.58 Å². The van der Waals surface area contributed by atoms with Gasteiger partial charge in [0.1, 0.15) is 5.25 Å². The van der Waals surface area contributed by atoms with E-state index in [-0.39, 0.29) is 6.61 Å². The Labute approximate surface area is 152 Å². The van der Waals surface area contributed by atoms with Crippen molar-refractivity contribution in [1.29, 1.82) is 0 Å². The van der Waals surface area contributed by atoms with Crippen LogP contribution in [0.1, 0.15) is 11.1 Å². The van der Waals surface area contributed by atoms with Crippen molar-refractivity contribution in [2.45, 2.75) is 18.3 Å². The molecule has 0 aliphatic heterocycles. The third-order valence-electron chi connectivity index (χ3n) is 4.17. The SMILES string of the molecule is C=CC(Cc1ccccc1)S(=O)(=O)n1cc(Cl)c2ccc(CO)cc21. The van der Waals surface area contributed by atoms with Gasteiger partial charge in [0.2, 0.25) is 10.0 Å². The van der Waals surface area contributed by atoms with E-state index in [4.69, 9.17) is 11.6 Å². The smallest absolute Gasteiger partial charge is 0.245 e. The molecule has 1 unspecified atom stereocenters. The first-order valence-electron chi connectivity index (χ1n) is 7.78. The van der Waals surface area contributed by atoms with Gasteiger partial charge in [-0.3, -0.25) is 0 Å². The van der Waals surface area contributed by atoms with Crippen molar-refractivity contribution in [3.05, 3.63) is 83.5 Å². The van der Waals surface area contributed by atoms with Crippen LogP contribution in [0.4, 0.5) is 0 Å². The highest BCUT2D eigenvalue weighted by Crippen LogP contribution is 2.30. The van der Waals surface area contributed by atoms with Crippen molar-refractivity contribution in [3.8, 4) is 0 Å². The summed E-state index contributed by atoms with van der Waals surface area (Å²) >= 11 is 6.21. The Morgan fingerprint density at radius 1 is 1.16 bits per heavy atom. The van der Waals surface area contributed by atoms with E-state index >= 15 is 0 Å². The highest BCUT2D eigenvalue weighted by Gasteiger charge is 2.27. The molecule has 0 saturated heterocycles. The molecule has 6 heteroatoms. The summed E-state index contributed by atoms with van der Waals surface area (Å²) < 4.78 is 27.5. The minimum atomic E-state index is -3.75. The summed E-state index contributed by atoms with van der Waals surface area (Å²) in [7, 11) is -3.75. The summed E-state index contributed by atoms with van der Waals surface area (Å²) in [4.78, 5) is 0. The van der Waals surface area contributed by atoms with Crippen LogP contribution in [0.25, 0.3) is 10.9 Å². The molecule has 0 bridgehead atoms. The lowest BCUT2D eigenvalue weighted by molar-refractivity contribution is 0.282. The predicted octanol–water partition coefficient (Wildman–Crippen LogP) is 3.76. The Hall–Kier alpha value is -2.08. The molecule has 0 radical (unpaired) electrons. The largest absolute Gasteiger partial charge is 0.392 e. The lowest BCUT2D eigenvalue weighted by atomic mass is 10.1. The number of aliphatic hydroxyl groups is 1. The normalized spacial score (nSPS) is 13.0. The molecule has 0 spiro atoms. The molecule has 130 valence electrons. The Balaban J connectivity index is 2.09. The maximum Gasteiger partial charge on any atom is 0.245 e. The molecule has 4 nitrogen and oxygen atoms in total. The summed E-state index contributed by atoms with van der Waals surface area (Å²) in [6, 6.07) is 14.5. The first-order valence-corrected chi connectivity index (χ1v) is 9.66. The van der Waals surface area contributed by atoms with Gasteiger partial charge in [0.25, 0.3) is 0 Å². The molecule has 1 aromatic heterocycles. The molecule has 0 amide bonds. The fourth-order valence-corrected chi connectivity index (χ4v) is 4.75. The fraction of sp³-hybridized carbons (Fsp3) is 0.158. The average molecular weight is 376 g/mol. The topological polar surface area (TPSA) is 59.3 Å². The van der Waals surface area contributed by atoms with E-state index in [1.807, 2.05) is 30.3 Å². The zero-order chi connectivity index (χ0) is 18.0. The quantitative estimate of drug-likeness (QED) is 0.667. The highest BCUT2D eigenvalue weighted by molar-refractivity contribution is 7.90. The van der Waals surface area contributed by atoms with Crippen LogP contribution in [0.2, 0.25) is 5.02 Å². The van der Waals surface area contributed by atoms with Crippen molar-refractivity contribution < 1.29 is 13.5 Å². The Morgan fingerprint density at radius 2 is 1.88 bits per heavy atom. The summed E-state index contributed by atoms with van der Waals surface area (Å²) in [6.45, 7) is 3.53. The van der Waals surface area contributed by atoms with Gasteiger partial charge in [-0.1, -0.05) is 60.1 Å². The van der Waals surface area contributed by atoms with Crippen molar-refractivity contribution in [1.82, 2.24) is 3.97 Å². The number of rotatable bonds is 6. The van der Waals surface area contributed by atoms with E-state index < -0.39 is 15.3 Å². The first-order chi connectivity index (χ1) is 12.0. The molecule has 1 N–H and O–H groups in total. The first kappa shape index (κ1) is 17.7. The molecular weight excluding hydrogens is 358 g/mol. The van der Waals surface area contributed by atoms with E-state index in [0.29, 0.717) is 27.9 Å². The van der Waals surface area contributed by atoms with E-state index in [1.165, 1.54) is 16.2 Å². The third-order valence-corrected chi connectivity index (χ3v) is 6.45. The Morgan fingerprint density at radius 3 is 2.52 bits per heavy atom. The lowest BCUT2D eigenvalue weighted by Crippen LogP contribution is -2.27. The van der Waals surface area contributed by atoms with Gasteiger partial charge in [-0.05, 0) is 23.6 Å². The van der Waals surface area contributed by atoms with Gasteiger partial charge in [-0.25, -0.2) is 12.4 Å². The second-order valence-electron chi connectivity index (χ2n) is 5.79. The maximum atomic E-state index is 13.2. The summed E-state index contributed by atoms with van der Waals surface area (Å²) in [5.74, 6) is 0. The van der Waals surface area contributed by atoms with Crippen LogP contribution in [0.3, 0.4) is 0 Å². The van der Waals surface area contributed by atoms with Gasteiger partial charge in [-0.15, -0.1) is 6.58 Å². The summed E-state index contributed by atoms with van der Waals surface area (Å²) in [5.41, 5.74) is 1.99. The average Bonchev–Trinajstić information content (AvgIpc) is 2.97. The van der Waals surface area contributed by atoms with Gasteiger partial charge in [0.15, 0.2) is 0 Å². The molecule has 0 aliphatic carbocycles. The van der Waals surface area contributed by atoms with Gasteiger partial charge in [0.05, 0.1) is 17.1 Å². The molecule has 0 fully saturated rings. The fourth-order valence-electron chi connectivity index (χ4n) is 2.81. The van der Waals surface area contributed by atoms with Crippen LogP contribution < -0.4 is 0 Å². The number of nitrogens with zero attached hydrogens (tertiary/aromatic N) is 1.